The van der Waals surface area contributed by atoms with Gasteiger partial charge in [-0.1, -0.05) is 18.2 Å². The normalized spacial score (nSPS) is 18.5. The van der Waals surface area contributed by atoms with Gasteiger partial charge in [0.1, 0.15) is 12.4 Å². The summed E-state index contributed by atoms with van der Waals surface area (Å²) >= 11 is 5.64. The minimum Gasteiger partial charge on any atom is -0.417 e. The fraction of sp³-hybridized carbons (Fsp3) is 0.421. The van der Waals surface area contributed by atoms with Crippen LogP contribution in [0.2, 0.25) is 5.02 Å². The van der Waals surface area contributed by atoms with Crippen molar-refractivity contribution in [1.29, 1.82) is 0 Å². The lowest BCUT2D eigenvalue weighted by atomic mass is 9.92. The summed E-state index contributed by atoms with van der Waals surface area (Å²) in [5.74, 6) is -0.803. The van der Waals surface area contributed by atoms with E-state index in [1.165, 1.54) is 18.2 Å². The summed E-state index contributed by atoms with van der Waals surface area (Å²) in [5.41, 5.74) is 0.818. The number of halogens is 5. The number of nitrogens with one attached hydrogen (secondary N) is 1. The largest absolute Gasteiger partial charge is 0.522 e. The summed E-state index contributed by atoms with van der Waals surface area (Å²) in [6.45, 7) is 3.75. The molecule has 2 aromatic rings. The van der Waals surface area contributed by atoms with Gasteiger partial charge in [-0.3, -0.25) is 9.53 Å². The van der Waals surface area contributed by atoms with Crippen LogP contribution in [0, 0.1) is 5.82 Å². The molecular formula is C19H18ClF4N3O4. The minimum atomic E-state index is -4.67. The van der Waals surface area contributed by atoms with E-state index in [4.69, 9.17) is 20.8 Å². The molecule has 1 aliphatic rings. The van der Waals surface area contributed by atoms with Gasteiger partial charge in [0.2, 0.25) is 17.7 Å². The van der Waals surface area contributed by atoms with Crippen LogP contribution >= 0.6 is 11.6 Å². The second-order valence-corrected chi connectivity index (χ2v) is 7.24. The second-order valence-electron chi connectivity index (χ2n) is 6.83. The Morgan fingerprint density at radius 2 is 2.03 bits per heavy atom. The third-order valence-electron chi connectivity index (χ3n) is 4.44. The highest BCUT2D eigenvalue weighted by molar-refractivity contribution is 6.30. The Kier molecular flexibility index (Phi) is 7.29. The third-order valence-corrected chi connectivity index (χ3v) is 4.75. The number of nitrogens with zero attached hydrogens (tertiary/aromatic N) is 2. The number of rotatable bonds is 9. The standard InChI is InChI=1S/C19H18ClF4N3O4/c1-10(17-26-27-18(30-17)11-2-3-14(20)15(21)6-11)4-5-25-16(28)9-29-12-7-13(8-12)31-19(22,23)24/h2-3,6,12-13H,1,4-5,7-9H2,(H,25,28). The molecule has 1 saturated carbocycles. The van der Waals surface area contributed by atoms with Crippen LogP contribution in [0.25, 0.3) is 17.0 Å². The molecule has 1 amide bonds. The average Bonchev–Trinajstić information content (AvgIpc) is 3.15. The van der Waals surface area contributed by atoms with Gasteiger partial charge < -0.3 is 14.5 Å². The number of aromatic nitrogens is 2. The first-order valence-electron chi connectivity index (χ1n) is 9.20. The Balaban J connectivity index is 1.35. The van der Waals surface area contributed by atoms with Crippen molar-refractivity contribution in [3.8, 4) is 11.5 Å². The Morgan fingerprint density at radius 3 is 2.71 bits per heavy atom. The van der Waals surface area contributed by atoms with E-state index in [1.54, 1.807) is 0 Å². The van der Waals surface area contributed by atoms with Crippen LogP contribution in [0.1, 0.15) is 25.2 Å². The van der Waals surface area contributed by atoms with Gasteiger partial charge in [-0.2, -0.15) is 0 Å². The number of carbonyl (C=O) groups is 1. The van der Waals surface area contributed by atoms with Gasteiger partial charge in [-0.15, -0.1) is 23.4 Å². The molecule has 12 heteroatoms. The summed E-state index contributed by atoms with van der Waals surface area (Å²) in [4.78, 5) is 11.8. The summed E-state index contributed by atoms with van der Waals surface area (Å²) in [6.07, 6.45) is -5.57. The molecule has 1 N–H and O–H groups in total. The highest BCUT2D eigenvalue weighted by Gasteiger charge is 2.40. The zero-order valence-electron chi connectivity index (χ0n) is 16.0. The molecule has 0 atom stereocenters. The van der Waals surface area contributed by atoms with Gasteiger partial charge in [0.05, 0.1) is 17.2 Å². The van der Waals surface area contributed by atoms with E-state index in [1.807, 2.05) is 0 Å². The maximum atomic E-state index is 13.6. The zero-order chi connectivity index (χ0) is 22.6. The first-order chi connectivity index (χ1) is 14.6. The number of amides is 1. The van der Waals surface area contributed by atoms with Crippen molar-refractivity contribution < 1.29 is 36.2 Å². The number of alkyl halides is 3. The molecule has 168 valence electrons. The summed E-state index contributed by atoms with van der Waals surface area (Å²) in [7, 11) is 0. The van der Waals surface area contributed by atoms with E-state index in [2.05, 4.69) is 26.8 Å². The number of benzene rings is 1. The molecule has 0 bridgehead atoms. The highest BCUT2D eigenvalue weighted by atomic mass is 35.5. The SMILES string of the molecule is C=C(CCNC(=O)COC1CC(OC(F)(F)F)C1)c1nnc(-c2ccc(Cl)c(F)c2)o1. The Labute approximate surface area is 179 Å². The molecule has 0 saturated heterocycles. The predicted molar refractivity (Wildman–Crippen MR) is 101 cm³/mol. The fourth-order valence-corrected chi connectivity index (χ4v) is 2.87. The number of hydrogen-bond acceptors (Lipinski definition) is 6. The molecule has 0 radical (unpaired) electrons. The molecule has 7 nitrogen and oxygen atoms in total. The zero-order valence-corrected chi connectivity index (χ0v) is 16.8. The lowest BCUT2D eigenvalue weighted by Gasteiger charge is -2.34. The molecule has 3 rings (SSSR count). The number of carbonyl (C=O) groups excluding carboxylic acids is 1. The van der Waals surface area contributed by atoms with E-state index >= 15 is 0 Å². The van der Waals surface area contributed by atoms with E-state index in [9.17, 15) is 22.4 Å². The first kappa shape index (κ1) is 23.2. The Morgan fingerprint density at radius 1 is 1.29 bits per heavy atom. The molecule has 0 unspecified atom stereocenters. The molecular weight excluding hydrogens is 446 g/mol. The van der Waals surface area contributed by atoms with Crippen molar-refractivity contribution in [2.45, 2.75) is 37.8 Å². The molecule has 1 fully saturated rings. The average molecular weight is 464 g/mol. The van der Waals surface area contributed by atoms with Crippen molar-refractivity contribution in [1.82, 2.24) is 15.5 Å². The molecule has 1 aliphatic carbocycles. The molecule has 1 aromatic carbocycles. The fourth-order valence-electron chi connectivity index (χ4n) is 2.75. The van der Waals surface area contributed by atoms with Crippen molar-refractivity contribution in [3.63, 3.8) is 0 Å². The van der Waals surface area contributed by atoms with Crippen LogP contribution in [0.5, 0.6) is 0 Å². The molecule has 1 aromatic heterocycles. The second kappa shape index (κ2) is 9.75. The molecule has 0 spiro atoms. The van der Waals surface area contributed by atoms with Crippen LogP contribution < -0.4 is 5.32 Å². The molecule has 31 heavy (non-hydrogen) atoms. The van der Waals surface area contributed by atoms with Crippen molar-refractivity contribution in [2.75, 3.05) is 13.2 Å². The van der Waals surface area contributed by atoms with Gasteiger partial charge in [0, 0.05) is 30.5 Å². The van der Waals surface area contributed by atoms with Crippen molar-refractivity contribution >= 4 is 23.1 Å². The summed E-state index contributed by atoms with van der Waals surface area (Å²) in [5, 5.41) is 10.3. The third kappa shape index (κ3) is 6.74. The quantitative estimate of drug-likeness (QED) is 0.563. The monoisotopic (exact) mass is 463 g/mol. The minimum absolute atomic E-state index is 0.0283. The number of hydrogen-bond donors (Lipinski definition) is 1. The Hall–Kier alpha value is -2.50. The van der Waals surface area contributed by atoms with Crippen LogP contribution in [0.4, 0.5) is 17.6 Å². The van der Waals surface area contributed by atoms with Crippen LogP contribution in [0.15, 0.2) is 29.2 Å². The van der Waals surface area contributed by atoms with Crippen molar-refractivity contribution in [2.24, 2.45) is 0 Å². The van der Waals surface area contributed by atoms with Crippen LogP contribution in [-0.4, -0.2) is 47.8 Å². The topological polar surface area (TPSA) is 86.5 Å². The predicted octanol–water partition coefficient (Wildman–Crippen LogP) is 4.13. The van der Waals surface area contributed by atoms with Crippen LogP contribution in [0.3, 0.4) is 0 Å². The van der Waals surface area contributed by atoms with E-state index in [0.29, 0.717) is 17.6 Å². The van der Waals surface area contributed by atoms with Gasteiger partial charge in [0.15, 0.2) is 0 Å². The number of ether oxygens (including phenoxy) is 2. The van der Waals surface area contributed by atoms with E-state index < -0.39 is 30.3 Å². The maximum absolute atomic E-state index is 13.6. The van der Waals surface area contributed by atoms with Crippen LogP contribution in [-0.2, 0) is 14.3 Å². The van der Waals surface area contributed by atoms with E-state index in [-0.39, 0.29) is 42.8 Å². The highest BCUT2D eigenvalue weighted by Crippen LogP contribution is 2.32. The lowest BCUT2D eigenvalue weighted by molar-refractivity contribution is -0.357. The summed E-state index contributed by atoms with van der Waals surface area (Å²) in [6, 6.07) is 4.07. The lowest BCUT2D eigenvalue weighted by Crippen LogP contribution is -2.42. The van der Waals surface area contributed by atoms with Gasteiger partial charge in [-0.05, 0) is 24.6 Å². The maximum Gasteiger partial charge on any atom is 0.522 e. The first-order valence-corrected chi connectivity index (χ1v) is 9.58. The van der Waals surface area contributed by atoms with Gasteiger partial charge in [0.25, 0.3) is 0 Å². The smallest absolute Gasteiger partial charge is 0.417 e. The van der Waals surface area contributed by atoms with Gasteiger partial charge in [-0.25, -0.2) is 4.39 Å². The Bertz CT molecular complexity index is 944. The van der Waals surface area contributed by atoms with Crippen molar-refractivity contribution in [3.05, 3.63) is 41.5 Å². The van der Waals surface area contributed by atoms with E-state index in [0.717, 1.165) is 0 Å². The molecule has 1 heterocycles. The van der Waals surface area contributed by atoms with Gasteiger partial charge >= 0.3 is 6.36 Å². The summed E-state index contributed by atoms with van der Waals surface area (Å²) < 4.78 is 64.2. The molecule has 0 aliphatic heterocycles.